The highest BCUT2D eigenvalue weighted by Crippen LogP contribution is 2.41. The number of fused-ring (bicyclic) bond motifs is 1. The van der Waals surface area contributed by atoms with Crippen molar-refractivity contribution in [3.8, 4) is 5.88 Å². The first kappa shape index (κ1) is 19.7. The van der Waals surface area contributed by atoms with Crippen LogP contribution in [-0.4, -0.2) is 21.7 Å². The van der Waals surface area contributed by atoms with Gasteiger partial charge in [-0.05, 0) is 31.6 Å². The summed E-state index contributed by atoms with van der Waals surface area (Å²) in [4.78, 5) is 20.7. The number of aromatic nitrogens is 1. The summed E-state index contributed by atoms with van der Waals surface area (Å²) in [5.41, 5.74) is 3.31. The van der Waals surface area contributed by atoms with Gasteiger partial charge in [0.2, 0.25) is 0 Å². The van der Waals surface area contributed by atoms with E-state index in [1.54, 1.807) is 0 Å². The van der Waals surface area contributed by atoms with Gasteiger partial charge < -0.3 is 10.1 Å². The molecule has 1 aromatic rings. The summed E-state index contributed by atoms with van der Waals surface area (Å²) in [5.74, 6) is 0.746. The van der Waals surface area contributed by atoms with E-state index in [0.717, 1.165) is 42.7 Å². The van der Waals surface area contributed by atoms with Crippen LogP contribution < -0.4 is 0 Å². The first-order valence-corrected chi connectivity index (χ1v) is 11.8. The van der Waals surface area contributed by atoms with Gasteiger partial charge in [0.05, 0.1) is 16.8 Å². The molecule has 4 heteroatoms. The second-order valence-corrected chi connectivity index (χ2v) is 9.23. The third-order valence-corrected chi connectivity index (χ3v) is 7.21. The smallest absolute Gasteiger partial charge is 0.279 e. The van der Waals surface area contributed by atoms with E-state index in [0.29, 0.717) is 17.4 Å². The number of amides is 1. The highest BCUT2D eigenvalue weighted by atomic mass is 16.3. The van der Waals surface area contributed by atoms with Gasteiger partial charge in [0.25, 0.3) is 5.91 Å². The first-order valence-electron chi connectivity index (χ1n) is 11.8. The summed E-state index contributed by atoms with van der Waals surface area (Å²) in [5, 5.41) is 10.8. The van der Waals surface area contributed by atoms with E-state index < -0.39 is 0 Å². The van der Waals surface area contributed by atoms with Crippen LogP contribution in [0.4, 0.5) is 0 Å². The lowest BCUT2D eigenvalue weighted by atomic mass is 9.87. The molecule has 2 aliphatic carbocycles. The number of nitrogens with one attached hydrogen (secondary N) is 1. The Balaban J connectivity index is 1.60. The van der Waals surface area contributed by atoms with E-state index in [1.807, 2.05) is 0 Å². The Kier molecular flexibility index (Phi) is 6.54. The highest BCUT2D eigenvalue weighted by Gasteiger charge is 2.37. The van der Waals surface area contributed by atoms with Crippen molar-refractivity contribution in [3.63, 3.8) is 0 Å². The van der Waals surface area contributed by atoms with Gasteiger partial charge in [-0.15, -0.1) is 0 Å². The second-order valence-electron chi connectivity index (χ2n) is 9.23. The Morgan fingerprint density at radius 1 is 0.679 bits per heavy atom. The minimum atomic E-state index is -0.115. The molecule has 0 spiro atoms. The Morgan fingerprint density at radius 2 is 1.14 bits per heavy atom. The Morgan fingerprint density at radius 3 is 1.68 bits per heavy atom. The summed E-state index contributed by atoms with van der Waals surface area (Å²) in [6.07, 6.45) is 19.6. The number of nitrogens with zero attached hydrogens (tertiary/aromatic N) is 1. The Labute approximate surface area is 169 Å². The van der Waals surface area contributed by atoms with Crippen LogP contribution in [0.3, 0.4) is 0 Å². The monoisotopic (exact) mass is 384 g/mol. The zero-order chi connectivity index (χ0) is 19.3. The number of H-pyrrole nitrogens is 1. The first-order chi connectivity index (χ1) is 13.8. The molecular formula is C24H36N2O2. The molecule has 2 heterocycles. The molecule has 1 aliphatic heterocycles. The molecule has 154 valence electrons. The third-order valence-electron chi connectivity index (χ3n) is 7.21. The minimum absolute atomic E-state index is 0.115. The predicted molar refractivity (Wildman–Crippen MR) is 113 cm³/mol. The van der Waals surface area contributed by atoms with Crippen LogP contribution in [-0.2, 0) is 0 Å². The number of aromatic amines is 1. The average molecular weight is 385 g/mol. The molecule has 2 saturated carbocycles. The zero-order valence-electron chi connectivity index (χ0n) is 17.3. The van der Waals surface area contributed by atoms with E-state index in [9.17, 15) is 9.90 Å². The van der Waals surface area contributed by atoms with Gasteiger partial charge in [0.15, 0.2) is 5.88 Å². The molecule has 1 amide bonds. The number of carbonyl (C=O) groups excluding carboxylic acids is 1. The summed E-state index contributed by atoms with van der Waals surface area (Å²) in [6.45, 7) is 0. The van der Waals surface area contributed by atoms with Gasteiger partial charge in [-0.1, -0.05) is 77.0 Å². The average Bonchev–Trinajstić information content (AvgIpc) is 3.27. The van der Waals surface area contributed by atoms with Crippen molar-refractivity contribution >= 4 is 11.6 Å². The largest absolute Gasteiger partial charge is 0.494 e. The molecule has 0 bridgehead atoms. The van der Waals surface area contributed by atoms with E-state index in [1.165, 1.54) is 77.0 Å². The Bertz CT molecular complexity index is 698. The lowest BCUT2D eigenvalue weighted by Crippen LogP contribution is -2.14. The van der Waals surface area contributed by atoms with Crippen molar-refractivity contribution in [3.05, 3.63) is 16.8 Å². The van der Waals surface area contributed by atoms with Crippen molar-refractivity contribution in [2.24, 2.45) is 10.9 Å². The molecule has 2 fully saturated rings. The maximum atomic E-state index is 12.9. The number of hydrogen-bond acceptors (Lipinski definition) is 2. The van der Waals surface area contributed by atoms with Gasteiger partial charge in [-0.3, -0.25) is 4.79 Å². The molecule has 3 aliphatic rings. The van der Waals surface area contributed by atoms with Crippen molar-refractivity contribution in [1.82, 2.24) is 4.98 Å². The van der Waals surface area contributed by atoms with Crippen molar-refractivity contribution < 1.29 is 9.90 Å². The molecule has 0 atom stereocenters. The minimum Gasteiger partial charge on any atom is -0.494 e. The molecule has 0 saturated heterocycles. The van der Waals surface area contributed by atoms with Gasteiger partial charge >= 0.3 is 0 Å². The molecule has 0 unspecified atom stereocenters. The molecule has 1 aromatic heterocycles. The fourth-order valence-corrected chi connectivity index (χ4v) is 5.63. The maximum absolute atomic E-state index is 12.9. The quantitative estimate of drug-likeness (QED) is 0.601. The van der Waals surface area contributed by atoms with Crippen LogP contribution >= 0.6 is 0 Å². The maximum Gasteiger partial charge on any atom is 0.279 e. The van der Waals surface area contributed by atoms with Gasteiger partial charge in [-0.2, -0.15) is 0 Å². The highest BCUT2D eigenvalue weighted by molar-refractivity contribution is 6.24. The molecule has 28 heavy (non-hydrogen) atoms. The zero-order valence-corrected chi connectivity index (χ0v) is 17.3. The van der Waals surface area contributed by atoms with Crippen LogP contribution in [0.1, 0.15) is 130 Å². The van der Waals surface area contributed by atoms with Crippen molar-refractivity contribution in [1.29, 1.82) is 0 Å². The van der Waals surface area contributed by atoms with Crippen LogP contribution in [0.2, 0.25) is 0 Å². The molecule has 4 rings (SSSR count). The van der Waals surface area contributed by atoms with E-state index >= 15 is 0 Å². The summed E-state index contributed by atoms with van der Waals surface area (Å²) >= 11 is 0. The lowest BCUT2D eigenvalue weighted by Gasteiger charge is -2.16. The van der Waals surface area contributed by atoms with Crippen molar-refractivity contribution in [2.75, 3.05) is 0 Å². The Hall–Kier alpha value is -1.58. The normalized spacial score (nSPS) is 23.7. The molecular weight excluding hydrogens is 348 g/mol. The predicted octanol–water partition coefficient (Wildman–Crippen LogP) is 6.63. The van der Waals surface area contributed by atoms with Gasteiger partial charge in [0, 0.05) is 11.6 Å². The summed E-state index contributed by atoms with van der Waals surface area (Å²) < 4.78 is 0. The SMILES string of the molecule is O=C1N=C(C2CCCCCCCC2)c2c(O)[nH]c(C3CCCCCCCC3)c21. The topological polar surface area (TPSA) is 65.4 Å². The van der Waals surface area contributed by atoms with Crippen LogP contribution in [0.15, 0.2) is 4.99 Å². The fourth-order valence-electron chi connectivity index (χ4n) is 5.63. The molecule has 2 N–H and O–H groups in total. The fraction of sp³-hybridized carbons (Fsp3) is 0.750. The lowest BCUT2D eigenvalue weighted by molar-refractivity contribution is 0.100. The van der Waals surface area contributed by atoms with Crippen LogP contribution in [0.5, 0.6) is 5.88 Å². The molecule has 0 aromatic carbocycles. The van der Waals surface area contributed by atoms with Crippen LogP contribution in [0, 0.1) is 5.92 Å². The number of hydrogen-bond donors (Lipinski definition) is 2. The molecule has 4 nitrogen and oxygen atoms in total. The third kappa shape index (κ3) is 4.21. The number of carbonyl (C=O) groups is 1. The summed E-state index contributed by atoms with van der Waals surface area (Å²) in [7, 11) is 0. The van der Waals surface area contributed by atoms with Gasteiger partial charge in [0.1, 0.15) is 0 Å². The van der Waals surface area contributed by atoms with E-state index in [-0.39, 0.29) is 11.8 Å². The second kappa shape index (κ2) is 9.28. The van der Waals surface area contributed by atoms with Crippen molar-refractivity contribution in [2.45, 2.75) is 109 Å². The van der Waals surface area contributed by atoms with E-state index in [4.69, 9.17) is 0 Å². The number of aromatic hydroxyl groups is 1. The standard InChI is InChI=1S/C24H36N2O2/c27-23-19-20(22(26-23)18-15-11-7-3-4-8-12-16-18)24(28)25-21(19)17-13-9-5-1-2-6-10-14-17/h17-18,25,28H,1-16H2. The van der Waals surface area contributed by atoms with Gasteiger partial charge in [-0.25, -0.2) is 4.99 Å². The van der Waals surface area contributed by atoms with Crippen LogP contribution in [0.25, 0.3) is 0 Å². The number of aliphatic imine (C=N–C) groups is 1. The number of rotatable bonds is 2. The molecule has 0 radical (unpaired) electrons. The summed E-state index contributed by atoms with van der Waals surface area (Å²) in [6, 6.07) is 0. The van der Waals surface area contributed by atoms with E-state index in [2.05, 4.69) is 9.98 Å².